The fourth-order valence-electron chi connectivity index (χ4n) is 3.26. The maximum absolute atomic E-state index is 4.44. The van der Waals surface area contributed by atoms with Gasteiger partial charge in [0.15, 0.2) is 0 Å². The van der Waals surface area contributed by atoms with Gasteiger partial charge in [0, 0.05) is 11.9 Å². The monoisotopic (exact) mass is 409 g/mol. The van der Waals surface area contributed by atoms with Gasteiger partial charge < -0.3 is 0 Å². The lowest BCUT2D eigenvalue weighted by Crippen LogP contribution is -1.91. The molecular formula is C23H40BrN. The first-order valence-electron chi connectivity index (χ1n) is 10.4. The highest BCUT2D eigenvalue weighted by Gasteiger charge is 1.97. The Balaban J connectivity index is 0.00000576. The smallest absolute Gasteiger partial charge is 0.0409 e. The summed E-state index contributed by atoms with van der Waals surface area (Å²) in [6.07, 6.45) is 24.7. The van der Waals surface area contributed by atoms with Gasteiger partial charge in [-0.1, -0.05) is 103 Å². The number of aryl methyl sites for hydroxylation is 1. The second-order valence-electron chi connectivity index (χ2n) is 7.13. The molecule has 0 atom stereocenters. The fraction of sp³-hybridized carbons (Fsp3) is 0.696. The van der Waals surface area contributed by atoms with Crippen LogP contribution in [0.15, 0.2) is 24.9 Å². The zero-order valence-electron chi connectivity index (χ0n) is 16.5. The molecule has 0 amide bonds. The lowest BCUT2D eigenvalue weighted by atomic mass is 10.0. The minimum Gasteiger partial charge on any atom is -0.261 e. The average Bonchev–Trinajstić information content (AvgIpc) is 2.62. The number of hydrogen-bond acceptors (Lipinski definition) is 1. The van der Waals surface area contributed by atoms with E-state index < -0.39 is 0 Å². The van der Waals surface area contributed by atoms with Crippen molar-refractivity contribution in [2.75, 3.05) is 0 Å². The number of halogens is 1. The van der Waals surface area contributed by atoms with Crippen LogP contribution in [0.1, 0.15) is 108 Å². The van der Waals surface area contributed by atoms with Gasteiger partial charge in [-0.2, -0.15) is 0 Å². The van der Waals surface area contributed by atoms with Gasteiger partial charge in [0.05, 0.1) is 0 Å². The van der Waals surface area contributed by atoms with Gasteiger partial charge >= 0.3 is 0 Å². The molecule has 0 bridgehead atoms. The normalized spacial score (nSPS) is 10.4. The van der Waals surface area contributed by atoms with Gasteiger partial charge in [0.2, 0.25) is 0 Å². The minimum absolute atomic E-state index is 0. The van der Waals surface area contributed by atoms with E-state index in [1.54, 1.807) is 0 Å². The second kappa shape index (κ2) is 18.2. The Labute approximate surface area is 167 Å². The van der Waals surface area contributed by atoms with Crippen molar-refractivity contribution in [3.05, 3.63) is 36.2 Å². The number of pyridine rings is 1. The molecule has 0 fully saturated rings. The molecule has 0 saturated carbocycles. The van der Waals surface area contributed by atoms with Crippen LogP contribution in [0.25, 0.3) is 6.08 Å². The van der Waals surface area contributed by atoms with Crippen LogP contribution in [0.5, 0.6) is 0 Å². The number of hydrogen-bond donors (Lipinski definition) is 0. The first-order valence-corrected chi connectivity index (χ1v) is 10.4. The van der Waals surface area contributed by atoms with Gasteiger partial charge in [-0.25, -0.2) is 0 Å². The third-order valence-electron chi connectivity index (χ3n) is 4.86. The molecule has 1 aromatic rings. The molecule has 1 nitrogen and oxygen atoms in total. The molecule has 0 spiro atoms. The Morgan fingerprint density at radius 3 is 1.76 bits per heavy atom. The summed E-state index contributed by atoms with van der Waals surface area (Å²) in [7, 11) is 0. The topological polar surface area (TPSA) is 12.9 Å². The summed E-state index contributed by atoms with van der Waals surface area (Å²) in [6, 6.07) is 4.18. The van der Waals surface area contributed by atoms with Crippen molar-refractivity contribution < 1.29 is 0 Å². The van der Waals surface area contributed by atoms with Gasteiger partial charge in [0.1, 0.15) is 0 Å². The SMILES string of the molecule is Br.C=Cc1ccnc(CCCCCCCCCCCCCCCC)c1. The molecule has 0 aromatic carbocycles. The molecule has 0 saturated heterocycles. The van der Waals surface area contributed by atoms with Crippen LogP contribution in [0, 0.1) is 0 Å². The molecule has 25 heavy (non-hydrogen) atoms. The summed E-state index contributed by atoms with van der Waals surface area (Å²) >= 11 is 0. The Morgan fingerprint density at radius 2 is 1.28 bits per heavy atom. The predicted octanol–water partition coefficient (Wildman–Crippen LogP) is 8.33. The quantitative estimate of drug-likeness (QED) is 0.250. The van der Waals surface area contributed by atoms with Crippen LogP contribution in [-0.4, -0.2) is 4.98 Å². The first kappa shape index (κ1) is 24.4. The van der Waals surface area contributed by atoms with E-state index in [0.29, 0.717) is 0 Å². The highest BCUT2D eigenvalue weighted by atomic mass is 79.9. The summed E-state index contributed by atoms with van der Waals surface area (Å²) < 4.78 is 0. The Bertz CT molecular complexity index is 416. The Hall–Kier alpha value is -0.630. The summed E-state index contributed by atoms with van der Waals surface area (Å²) in [5, 5.41) is 0. The van der Waals surface area contributed by atoms with Crippen molar-refractivity contribution >= 4 is 23.1 Å². The van der Waals surface area contributed by atoms with E-state index in [-0.39, 0.29) is 17.0 Å². The second-order valence-corrected chi connectivity index (χ2v) is 7.13. The molecule has 1 aromatic heterocycles. The summed E-state index contributed by atoms with van der Waals surface area (Å²) in [5.74, 6) is 0. The lowest BCUT2D eigenvalue weighted by molar-refractivity contribution is 0.535. The molecule has 0 aliphatic rings. The number of rotatable bonds is 16. The summed E-state index contributed by atoms with van der Waals surface area (Å²) in [4.78, 5) is 4.44. The van der Waals surface area contributed by atoms with Crippen LogP contribution in [0.4, 0.5) is 0 Å². The molecule has 1 rings (SSSR count). The van der Waals surface area contributed by atoms with Crippen molar-refractivity contribution in [2.45, 2.75) is 103 Å². The van der Waals surface area contributed by atoms with Gasteiger partial charge in [-0.3, -0.25) is 4.98 Å². The van der Waals surface area contributed by atoms with Gasteiger partial charge in [-0.15, -0.1) is 17.0 Å². The van der Waals surface area contributed by atoms with Gasteiger partial charge in [0.25, 0.3) is 0 Å². The highest BCUT2D eigenvalue weighted by molar-refractivity contribution is 8.93. The summed E-state index contributed by atoms with van der Waals surface area (Å²) in [6.45, 7) is 6.11. The molecule has 0 radical (unpaired) electrons. The first-order chi connectivity index (χ1) is 11.9. The fourth-order valence-corrected chi connectivity index (χ4v) is 3.26. The van der Waals surface area contributed by atoms with Crippen molar-refractivity contribution in [1.29, 1.82) is 0 Å². The standard InChI is InChI=1S/C23H39N.BrH/c1-3-5-6-7-8-9-10-11-12-13-14-15-16-17-18-23-21-22(4-2)19-20-24-23;/h4,19-21H,2-3,5-18H2,1H3;1H. The number of unbranched alkanes of at least 4 members (excludes halogenated alkanes) is 13. The van der Waals surface area contributed by atoms with Crippen LogP contribution in [0.3, 0.4) is 0 Å². The van der Waals surface area contributed by atoms with E-state index in [1.807, 2.05) is 18.3 Å². The zero-order chi connectivity index (χ0) is 17.3. The third-order valence-corrected chi connectivity index (χ3v) is 4.86. The van der Waals surface area contributed by atoms with Crippen LogP contribution >= 0.6 is 17.0 Å². The number of aromatic nitrogens is 1. The van der Waals surface area contributed by atoms with Crippen molar-refractivity contribution in [1.82, 2.24) is 4.98 Å². The van der Waals surface area contributed by atoms with E-state index in [0.717, 1.165) is 6.42 Å². The molecule has 0 aliphatic heterocycles. The van der Waals surface area contributed by atoms with E-state index in [2.05, 4.69) is 24.6 Å². The Kier molecular flexibility index (Phi) is 17.7. The molecule has 144 valence electrons. The molecule has 2 heteroatoms. The van der Waals surface area contributed by atoms with Crippen molar-refractivity contribution in [3.8, 4) is 0 Å². The predicted molar refractivity (Wildman–Crippen MR) is 119 cm³/mol. The van der Waals surface area contributed by atoms with E-state index in [1.165, 1.54) is 101 Å². The van der Waals surface area contributed by atoms with E-state index in [9.17, 15) is 0 Å². The molecule has 0 aliphatic carbocycles. The molecule has 0 N–H and O–H groups in total. The molecular weight excluding hydrogens is 370 g/mol. The third kappa shape index (κ3) is 14.2. The van der Waals surface area contributed by atoms with E-state index in [4.69, 9.17) is 0 Å². The highest BCUT2D eigenvalue weighted by Crippen LogP contribution is 2.14. The van der Waals surface area contributed by atoms with Crippen LogP contribution < -0.4 is 0 Å². The van der Waals surface area contributed by atoms with Crippen LogP contribution in [0.2, 0.25) is 0 Å². The number of nitrogens with zero attached hydrogens (tertiary/aromatic N) is 1. The summed E-state index contributed by atoms with van der Waals surface area (Å²) in [5.41, 5.74) is 2.40. The van der Waals surface area contributed by atoms with Crippen LogP contribution in [-0.2, 0) is 6.42 Å². The molecule has 1 heterocycles. The average molecular weight is 410 g/mol. The zero-order valence-corrected chi connectivity index (χ0v) is 18.2. The molecule has 0 unspecified atom stereocenters. The Morgan fingerprint density at radius 1 is 0.800 bits per heavy atom. The largest absolute Gasteiger partial charge is 0.261 e. The maximum Gasteiger partial charge on any atom is 0.0409 e. The maximum atomic E-state index is 4.44. The van der Waals surface area contributed by atoms with E-state index >= 15 is 0 Å². The van der Waals surface area contributed by atoms with Crippen molar-refractivity contribution in [2.24, 2.45) is 0 Å². The van der Waals surface area contributed by atoms with Crippen molar-refractivity contribution in [3.63, 3.8) is 0 Å². The lowest BCUT2D eigenvalue weighted by Gasteiger charge is -2.04. The minimum atomic E-state index is 0. The van der Waals surface area contributed by atoms with Gasteiger partial charge in [-0.05, 0) is 30.5 Å².